The van der Waals surface area contributed by atoms with Gasteiger partial charge < -0.3 is 0 Å². The van der Waals surface area contributed by atoms with Gasteiger partial charge >= 0.3 is 0 Å². The largest absolute Gasteiger partial charge is 0.269 e. The van der Waals surface area contributed by atoms with E-state index in [4.69, 9.17) is 0 Å². The molecule has 0 aromatic heterocycles. The predicted octanol–water partition coefficient (Wildman–Crippen LogP) is 4.44. The lowest BCUT2D eigenvalue weighted by Crippen LogP contribution is -2.03. The molecule has 0 amide bonds. The Morgan fingerprint density at radius 2 is 1.24 bits per heavy atom. The van der Waals surface area contributed by atoms with E-state index in [2.05, 4.69) is 0 Å². The molecule has 0 aliphatic heterocycles. The number of non-ortho nitro benzene ring substituents is 1. The first-order valence-electron chi connectivity index (χ1n) is 5.26. The van der Waals surface area contributed by atoms with E-state index in [0.29, 0.717) is 0 Å². The number of hydrogen-bond acceptors (Lipinski definition) is 3. The van der Waals surface area contributed by atoms with Crippen LogP contribution in [0.3, 0.4) is 0 Å². The summed E-state index contributed by atoms with van der Waals surface area (Å²) in [6.07, 6.45) is 0. The summed E-state index contributed by atoms with van der Waals surface area (Å²) in [5.41, 5.74) is -0.267. The molecule has 0 unspecified atom stereocenters. The highest BCUT2D eigenvalue weighted by atomic mass is 32.2. The lowest BCUT2D eigenvalue weighted by molar-refractivity contribution is -0.384. The summed E-state index contributed by atoms with van der Waals surface area (Å²) in [5.74, 6) is -10.2. The molecule has 0 N–H and O–H groups in total. The van der Waals surface area contributed by atoms with Crippen LogP contribution in [0.4, 0.5) is 27.6 Å². The summed E-state index contributed by atoms with van der Waals surface area (Å²) in [7, 11) is 0. The molecule has 2 aromatic rings. The Hall–Kier alpha value is -2.16. The Kier molecular flexibility index (Phi) is 4.12. The average molecular weight is 321 g/mol. The van der Waals surface area contributed by atoms with Gasteiger partial charge in [0.15, 0.2) is 23.3 Å². The fourth-order valence-corrected chi connectivity index (χ4v) is 2.29. The first-order valence-corrected chi connectivity index (χ1v) is 6.08. The van der Waals surface area contributed by atoms with Crippen molar-refractivity contribution in [3.05, 3.63) is 63.5 Å². The van der Waals surface area contributed by atoms with Gasteiger partial charge in [-0.25, -0.2) is 22.0 Å². The highest BCUT2D eigenvalue weighted by Crippen LogP contribution is 2.35. The van der Waals surface area contributed by atoms with Crippen molar-refractivity contribution in [3.63, 3.8) is 0 Å². The monoisotopic (exact) mass is 321 g/mol. The summed E-state index contributed by atoms with van der Waals surface area (Å²) >= 11 is 0.279. The Bertz CT molecular complexity index is 692. The van der Waals surface area contributed by atoms with Gasteiger partial charge in [-0.15, -0.1) is 0 Å². The minimum atomic E-state index is -2.24. The van der Waals surface area contributed by atoms with E-state index in [9.17, 15) is 32.1 Å². The van der Waals surface area contributed by atoms with Crippen molar-refractivity contribution in [2.45, 2.75) is 9.79 Å². The first-order chi connectivity index (χ1) is 9.82. The Morgan fingerprint density at radius 1 is 0.810 bits per heavy atom. The zero-order valence-electron chi connectivity index (χ0n) is 9.87. The molecule has 0 aliphatic carbocycles. The van der Waals surface area contributed by atoms with E-state index < -0.39 is 38.9 Å². The Balaban J connectivity index is 2.42. The second-order valence-corrected chi connectivity index (χ2v) is 4.84. The normalized spacial score (nSPS) is 10.7. The van der Waals surface area contributed by atoms with E-state index in [-0.39, 0.29) is 22.3 Å². The second-order valence-electron chi connectivity index (χ2n) is 3.75. The van der Waals surface area contributed by atoms with Crippen molar-refractivity contribution in [1.29, 1.82) is 0 Å². The van der Waals surface area contributed by atoms with Gasteiger partial charge in [-0.05, 0) is 12.1 Å². The summed E-state index contributed by atoms with van der Waals surface area (Å²) < 4.78 is 65.8. The molecule has 21 heavy (non-hydrogen) atoms. The minimum Gasteiger partial charge on any atom is -0.258 e. The number of halogens is 5. The summed E-state index contributed by atoms with van der Waals surface area (Å²) in [4.78, 5) is 8.77. The molecule has 0 atom stereocenters. The van der Waals surface area contributed by atoms with Crippen LogP contribution in [-0.4, -0.2) is 4.92 Å². The molecule has 9 heteroatoms. The lowest BCUT2D eigenvalue weighted by atomic mass is 10.3. The maximum absolute atomic E-state index is 13.4. The highest BCUT2D eigenvalue weighted by Gasteiger charge is 2.26. The quantitative estimate of drug-likeness (QED) is 0.276. The van der Waals surface area contributed by atoms with Crippen molar-refractivity contribution >= 4 is 17.4 Å². The predicted molar refractivity (Wildman–Crippen MR) is 63.5 cm³/mol. The van der Waals surface area contributed by atoms with E-state index in [1.165, 1.54) is 0 Å². The molecule has 0 aliphatic rings. The average Bonchev–Trinajstić information content (AvgIpc) is 2.48. The van der Waals surface area contributed by atoms with Gasteiger partial charge in [-0.2, -0.15) is 0 Å². The Morgan fingerprint density at radius 3 is 1.67 bits per heavy atom. The molecule has 2 aromatic carbocycles. The second kappa shape index (κ2) is 5.68. The molecule has 110 valence electrons. The van der Waals surface area contributed by atoms with Crippen molar-refractivity contribution in [2.75, 3.05) is 0 Å². The lowest BCUT2D eigenvalue weighted by Gasteiger charge is -2.07. The van der Waals surface area contributed by atoms with Gasteiger partial charge in [-0.1, -0.05) is 11.8 Å². The van der Waals surface area contributed by atoms with E-state index in [1.54, 1.807) is 0 Å². The van der Waals surface area contributed by atoms with E-state index in [1.807, 2.05) is 0 Å². The molecule has 2 rings (SSSR count). The van der Waals surface area contributed by atoms with Crippen LogP contribution in [0, 0.1) is 39.2 Å². The Labute approximate surface area is 118 Å². The molecule has 0 heterocycles. The van der Waals surface area contributed by atoms with E-state index >= 15 is 0 Å². The molecular weight excluding hydrogens is 317 g/mol. The van der Waals surface area contributed by atoms with Crippen LogP contribution in [0.5, 0.6) is 0 Å². The molecule has 3 nitrogen and oxygen atoms in total. The van der Waals surface area contributed by atoms with Crippen LogP contribution >= 0.6 is 11.8 Å². The highest BCUT2D eigenvalue weighted by molar-refractivity contribution is 7.99. The van der Waals surface area contributed by atoms with Gasteiger partial charge in [0, 0.05) is 17.0 Å². The minimum absolute atomic E-state index is 0.0869. The van der Waals surface area contributed by atoms with Gasteiger partial charge in [0.2, 0.25) is 5.82 Å². The third-order valence-electron chi connectivity index (χ3n) is 2.44. The van der Waals surface area contributed by atoms with Gasteiger partial charge in [0.25, 0.3) is 5.69 Å². The van der Waals surface area contributed by atoms with Crippen LogP contribution in [0.15, 0.2) is 34.1 Å². The van der Waals surface area contributed by atoms with Crippen molar-refractivity contribution in [2.24, 2.45) is 0 Å². The molecule has 0 spiro atoms. The number of benzene rings is 2. The van der Waals surface area contributed by atoms with Crippen LogP contribution in [0.1, 0.15) is 0 Å². The fraction of sp³-hybridized carbons (Fsp3) is 0. The molecular formula is C12H4F5NO2S. The SMILES string of the molecule is O=[N+]([O-])c1ccc(Sc2c(F)c(F)c(F)c(F)c2F)cc1. The smallest absolute Gasteiger partial charge is 0.258 e. The first kappa shape index (κ1) is 15.2. The third-order valence-corrected chi connectivity index (χ3v) is 3.51. The number of nitro groups is 1. The van der Waals surface area contributed by atoms with Crippen LogP contribution in [0.25, 0.3) is 0 Å². The van der Waals surface area contributed by atoms with Crippen molar-refractivity contribution in [3.8, 4) is 0 Å². The standard InChI is InChI=1S/C12H4F5NO2S/c13-7-8(14)10(16)12(11(17)9(7)15)21-6-3-1-5(2-4-6)18(19)20/h1-4H. The fourth-order valence-electron chi connectivity index (χ4n) is 1.43. The van der Waals surface area contributed by atoms with Gasteiger partial charge in [0.05, 0.1) is 9.82 Å². The number of hydrogen-bond donors (Lipinski definition) is 0. The topological polar surface area (TPSA) is 43.1 Å². The van der Waals surface area contributed by atoms with Crippen molar-refractivity contribution in [1.82, 2.24) is 0 Å². The molecule has 0 saturated heterocycles. The maximum Gasteiger partial charge on any atom is 0.269 e. The molecule has 0 saturated carbocycles. The molecule has 0 radical (unpaired) electrons. The molecule has 0 fully saturated rings. The van der Waals surface area contributed by atoms with Crippen LogP contribution in [0.2, 0.25) is 0 Å². The maximum atomic E-state index is 13.4. The number of nitro benzene ring substituents is 1. The van der Waals surface area contributed by atoms with Gasteiger partial charge in [-0.3, -0.25) is 10.1 Å². The van der Waals surface area contributed by atoms with E-state index in [0.717, 1.165) is 24.3 Å². The van der Waals surface area contributed by atoms with Crippen molar-refractivity contribution < 1.29 is 26.9 Å². The zero-order valence-corrected chi connectivity index (χ0v) is 10.7. The zero-order chi connectivity index (χ0) is 15.7. The summed E-state index contributed by atoms with van der Waals surface area (Å²) in [6.45, 7) is 0. The van der Waals surface area contributed by atoms with Crippen LogP contribution < -0.4 is 0 Å². The summed E-state index contributed by atoms with van der Waals surface area (Å²) in [6, 6.07) is 4.38. The van der Waals surface area contributed by atoms with Gasteiger partial charge in [0.1, 0.15) is 0 Å². The third kappa shape index (κ3) is 2.82. The van der Waals surface area contributed by atoms with Crippen LogP contribution in [-0.2, 0) is 0 Å². The number of rotatable bonds is 3. The molecule has 0 bridgehead atoms. The summed E-state index contributed by atoms with van der Waals surface area (Å²) in [5, 5.41) is 10.4. The number of nitrogens with zero attached hydrogens (tertiary/aromatic N) is 1.